The van der Waals surface area contributed by atoms with Crippen molar-refractivity contribution in [1.82, 2.24) is 14.5 Å². The van der Waals surface area contributed by atoms with Gasteiger partial charge in [-0.2, -0.15) is 4.31 Å². The van der Waals surface area contributed by atoms with Crippen molar-refractivity contribution in [3.8, 4) is 0 Å². The number of rotatable bonds is 7. The summed E-state index contributed by atoms with van der Waals surface area (Å²) in [6, 6.07) is 18.4. The Bertz CT molecular complexity index is 1120. The second-order valence-electron chi connectivity index (χ2n) is 7.15. The average Bonchev–Trinajstić information content (AvgIpc) is 3.26. The molecule has 0 bridgehead atoms. The summed E-state index contributed by atoms with van der Waals surface area (Å²) in [5, 5.41) is 11.4. The van der Waals surface area contributed by atoms with Crippen LogP contribution in [-0.4, -0.2) is 41.9 Å². The molecule has 0 spiro atoms. The van der Waals surface area contributed by atoms with E-state index in [9.17, 15) is 13.2 Å². The maximum atomic E-state index is 12.9. The third-order valence-electron chi connectivity index (χ3n) is 4.98. The van der Waals surface area contributed by atoms with Crippen LogP contribution in [0.2, 0.25) is 0 Å². The van der Waals surface area contributed by atoms with Crippen molar-refractivity contribution in [2.45, 2.75) is 27.8 Å². The Morgan fingerprint density at radius 1 is 1.10 bits per heavy atom. The van der Waals surface area contributed by atoms with Gasteiger partial charge in [-0.25, -0.2) is 8.42 Å². The van der Waals surface area contributed by atoms with Crippen LogP contribution in [0, 0.1) is 5.92 Å². The number of anilines is 1. The molecule has 0 saturated carbocycles. The van der Waals surface area contributed by atoms with Crippen molar-refractivity contribution in [3.63, 3.8) is 0 Å². The summed E-state index contributed by atoms with van der Waals surface area (Å²) in [5.74, 6) is 0.138. The molecular formula is C21H22N4O3S3. The molecule has 0 radical (unpaired) electrons. The predicted molar refractivity (Wildman–Crippen MR) is 122 cm³/mol. The SMILES string of the molecule is O=C(Nc1nnc(SCc2ccccc2)s1)[C@H]1CCCN(S(=O)(=O)c2ccccc2)C1. The monoisotopic (exact) mass is 474 g/mol. The molecule has 31 heavy (non-hydrogen) atoms. The number of aromatic nitrogens is 2. The fraction of sp³-hybridized carbons (Fsp3) is 0.286. The van der Waals surface area contributed by atoms with Crippen LogP contribution in [0.1, 0.15) is 18.4 Å². The van der Waals surface area contributed by atoms with Gasteiger partial charge in [0.05, 0.1) is 10.8 Å². The molecule has 1 aliphatic heterocycles. The maximum Gasteiger partial charge on any atom is 0.243 e. The van der Waals surface area contributed by atoms with Crippen LogP contribution < -0.4 is 5.32 Å². The lowest BCUT2D eigenvalue weighted by molar-refractivity contribution is -0.120. The molecular weight excluding hydrogens is 452 g/mol. The number of benzene rings is 2. The number of carbonyl (C=O) groups is 1. The van der Waals surface area contributed by atoms with Crippen molar-refractivity contribution in [1.29, 1.82) is 0 Å². The van der Waals surface area contributed by atoms with Crippen molar-refractivity contribution < 1.29 is 13.2 Å². The summed E-state index contributed by atoms with van der Waals surface area (Å²) >= 11 is 2.89. The number of hydrogen-bond acceptors (Lipinski definition) is 7. The second-order valence-corrected chi connectivity index (χ2v) is 11.3. The largest absolute Gasteiger partial charge is 0.300 e. The number of amides is 1. The maximum absolute atomic E-state index is 12.9. The minimum Gasteiger partial charge on any atom is -0.300 e. The molecule has 162 valence electrons. The van der Waals surface area contributed by atoms with Crippen LogP contribution in [0.3, 0.4) is 0 Å². The quantitative estimate of drug-likeness (QED) is 0.413. The molecule has 3 aromatic rings. The molecule has 0 unspecified atom stereocenters. The van der Waals surface area contributed by atoms with Gasteiger partial charge in [-0.15, -0.1) is 10.2 Å². The van der Waals surface area contributed by atoms with E-state index in [1.165, 1.54) is 21.2 Å². The molecule has 2 aromatic carbocycles. The number of thioether (sulfide) groups is 1. The Labute approximate surface area is 189 Å². The van der Waals surface area contributed by atoms with Crippen LogP contribution >= 0.6 is 23.1 Å². The highest BCUT2D eigenvalue weighted by molar-refractivity contribution is 8.00. The van der Waals surface area contributed by atoms with Gasteiger partial charge in [-0.3, -0.25) is 4.79 Å². The Morgan fingerprint density at radius 3 is 2.55 bits per heavy atom. The molecule has 1 N–H and O–H groups in total. The summed E-state index contributed by atoms with van der Waals surface area (Å²) in [6.07, 6.45) is 1.28. The molecule has 1 aliphatic rings. The van der Waals surface area contributed by atoms with E-state index >= 15 is 0 Å². The Morgan fingerprint density at radius 2 is 1.81 bits per heavy atom. The Kier molecular flexibility index (Phi) is 7.01. The zero-order valence-electron chi connectivity index (χ0n) is 16.7. The number of nitrogens with zero attached hydrogens (tertiary/aromatic N) is 3. The standard InChI is InChI=1S/C21H22N4O3S3/c26-19(22-20-23-24-21(30-20)29-15-16-8-3-1-4-9-16)17-10-7-13-25(14-17)31(27,28)18-11-5-2-6-12-18/h1-6,8-9,11-12,17H,7,10,13-15H2,(H,22,23,26)/t17-/m0/s1. The first-order valence-corrected chi connectivity index (χ1v) is 13.1. The van der Waals surface area contributed by atoms with Gasteiger partial charge >= 0.3 is 0 Å². The van der Waals surface area contributed by atoms with Crippen LogP contribution in [0.4, 0.5) is 5.13 Å². The molecule has 1 fully saturated rings. The zero-order valence-corrected chi connectivity index (χ0v) is 19.1. The molecule has 1 atom stereocenters. The number of hydrogen-bond donors (Lipinski definition) is 1. The highest BCUT2D eigenvalue weighted by atomic mass is 32.2. The number of carbonyl (C=O) groups excluding carboxylic acids is 1. The van der Waals surface area contributed by atoms with Crippen molar-refractivity contribution in [3.05, 3.63) is 66.2 Å². The predicted octanol–water partition coefficient (Wildman–Crippen LogP) is 3.87. The molecule has 7 nitrogen and oxygen atoms in total. The van der Waals surface area contributed by atoms with E-state index in [0.29, 0.717) is 24.5 Å². The van der Waals surface area contributed by atoms with Crippen molar-refractivity contribution in [2.75, 3.05) is 18.4 Å². The van der Waals surface area contributed by atoms with E-state index in [1.807, 2.05) is 18.2 Å². The fourth-order valence-electron chi connectivity index (χ4n) is 3.36. The van der Waals surface area contributed by atoms with Crippen LogP contribution in [0.25, 0.3) is 0 Å². The molecule has 1 aromatic heterocycles. The minimum absolute atomic E-state index is 0.164. The first-order valence-electron chi connectivity index (χ1n) is 9.88. The summed E-state index contributed by atoms with van der Waals surface area (Å²) in [5.41, 5.74) is 1.19. The highest BCUT2D eigenvalue weighted by Crippen LogP contribution is 2.29. The number of piperidine rings is 1. The van der Waals surface area contributed by atoms with E-state index < -0.39 is 15.9 Å². The van der Waals surface area contributed by atoms with Gasteiger partial charge in [-0.1, -0.05) is 71.6 Å². The Balaban J connectivity index is 1.35. The third kappa shape index (κ3) is 5.51. The van der Waals surface area contributed by atoms with Crippen molar-refractivity contribution >= 4 is 44.2 Å². The molecule has 1 saturated heterocycles. The zero-order chi connectivity index (χ0) is 21.7. The number of sulfonamides is 1. The first kappa shape index (κ1) is 21.9. The van der Waals surface area contributed by atoms with Gasteiger partial charge in [0.25, 0.3) is 0 Å². The van der Waals surface area contributed by atoms with Gasteiger partial charge in [0.1, 0.15) is 0 Å². The summed E-state index contributed by atoms with van der Waals surface area (Å²) in [4.78, 5) is 13.0. The minimum atomic E-state index is -3.61. The second kappa shape index (κ2) is 9.90. The molecule has 10 heteroatoms. The third-order valence-corrected chi connectivity index (χ3v) is 8.90. The van der Waals surface area contributed by atoms with Gasteiger partial charge < -0.3 is 5.32 Å². The average molecular weight is 475 g/mol. The van der Waals surface area contributed by atoms with E-state index in [1.54, 1.807) is 42.1 Å². The van der Waals surface area contributed by atoms with Crippen LogP contribution in [-0.2, 0) is 20.6 Å². The van der Waals surface area contributed by atoms with Crippen LogP contribution in [0.15, 0.2) is 69.9 Å². The van der Waals surface area contributed by atoms with E-state index in [0.717, 1.165) is 10.1 Å². The summed E-state index contributed by atoms with van der Waals surface area (Å²) in [6.45, 7) is 0.581. The first-order chi connectivity index (χ1) is 15.0. The molecule has 1 amide bonds. The molecule has 2 heterocycles. The van der Waals surface area contributed by atoms with E-state index in [-0.39, 0.29) is 17.3 Å². The lowest BCUT2D eigenvalue weighted by atomic mass is 9.99. The topological polar surface area (TPSA) is 92.3 Å². The van der Waals surface area contributed by atoms with E-state index in [4.69, 9.17) is 0 Å². The van der Waals surface area contributed by atoms with Gasteiger partial charge in [-0.05, 0) is 30.5 Å². The molecule has 4 rings (SSSR count). The molecule has 0 aliphatic carbocycles. The normalized spacial score (nSPS) is 17.4. The van der Waals surface area contributed by atoms with Gasteiger partial charge in [0.2, 0.25) is 21.1 Å². The highest BCUT2D eigenvalue weighted by Gasteiger charge is 2.33. The lowest BCUT2D eigenvalue weighted by Gasteiger charge is -2.31. The fourth-order valence-corrected chi connectivity index (χ4v) is 6.62. The van der Waals surface area contributed by atoms with Gasteiger partial charge in [0.15, 0.2) is 4.34 Å². The smallest absolute Gasteiger partial charge is 0.243 e. The summed E-state index contributed by atoms with van der Waals surface area (Å²) < 4.78 is 27.9. The van der Waals surface area contributed by atoms with Crippen LogP contribution in [0.5, 0.6) is 0 Å². The Hall–Kier alpha value is -2.27. The summed E-state index contributed by atoms with van der Waals surface area (Å²) in [7, 11) is -3.61. The van der Waals surface area contributed by atoms with Gasteiger partial charge in [0, 0.05) is 18.8 Å². The number of nitrogens with one attached hydrogen (secondary N) is 1. The lowest BCUT2D eigenvalue weighted by Crippen LogP contribution is -2.43. The van der Waals surface area contributed by atoms with E-state index in [2.05, 4.69) is 27.6 Å². The van der Waals surface area contributed by atoms with Crippen molar-refractivity contribution in [2.24, 2.45) is 5.92 Å².